The SMILES string of the molecule is COc1ccc(C(NCCN)c2ccc(Br)cc2)cc1. The van der Waals surface area contributed by atoms with Gasteiger partial charge in [-0.25, -0.2) is 0 Å². The van der Waals surface area contributed by atoms with Gasteiger partial charge in [0.15, 0.2) is 0 Å². The molecule has 0 aliphatic heterocycles. The zero-order valence-corrected chi connectivity index (χ0v) is 13.1. The maximum atomic E-state index is 5.61. The fourth-order valence-corrected chi connectivity index (χ4v) is 2.37. The first-order valence-electron chi connectivity index (χ1n) is 6.57. The first-order valence-corrected chi connectivity index (χ1v) is 7.36. The molecule has 0 aliphatic carbocycles. The van der Waals surface area contributed by atoms with Crippen LogP contribution in [0.2, 0.25) is 0 Å². The first kappa shape index (κ1) is 15.0. The van der Waals surface area contributed by atoms with Gasteiger partial charge in [0.25, 0.3) is 0 Å². The molecule has 0 saturated heterocycles. The minimum absolute atomic E-state index is 0.137. The molecule has 3 N–H and O–H groups in total. The summed E-state index contributed by atoms with van der Waals surface area (Å²) in [5, 5.41) is 3.48. The molecule has 1 atom stereocenters. The van der Waals surface area contributed by atoms with Crippen LogP contribution in [0.25, 0.3) is 0 Å². The number of nitrogens with one attached hydrogen (secondary N) is 1. The van der Waals surface area contributed by atoms with Crippen molar-refractivity contribution in [2.45, 2.75) is 6.04 Å². The molecule has 106 valence electrons. The normalized spacial score (nSPS) is 12.2. The Balaban J connectivity index is 2.27. The number of methoxy groups -OCH3 is 1. The molecule has 3 nitrogen and oxygen atoms in total. The van der Waals surface area contributed by atoms with Gasteiger partial charge in [-0.1, -0.05) is 40.2 Å². The molecular weight excluding hydrogens is 316 g/mol. The van der Waals surface area contributed by atoms with Gasteiger partial charge in [-0.15, -0.1) is 0 Å². The molecule has 2 aromatic rings. The van der Waals surface area contributed by atoms with Gasteiger partial charge in [0.05, 0.1) is 13.2 Å². The van der Waals surface area contributed by atoms with E-state index in [1.807, 2.05) is 12.1 Å². The Morgan fingerprint density at radius 2 is 1.60 bits per heavy atom. The van der Waals surface area contributed by atoms with Crippen molar-refractivity contribution in [3.63, 3.8) is 0 Å². The standard InChI is InChI=1S/C16H19BrN2O/c1-20-15-8-4-13(5-9-15)16(19-11-10-18)12-2-6-14(17)7-3-12/h2-9,16,19H,10-11,18H2,1H3. The van der Waals surface area contributed by atoms with Crippen LogP contribution in [-0.2, 0) is 0 Å². The monoisotopic (exact) mass is 334 g/mol. The largest absolute Gasteiger partial charge is 0.497 e. The second-order valence-corrected chi connectivity index (χ2v) is 5.42. The Bertz CT molecular complexity index is 525. The molecule has 1 unspecified atom stereocenters. The van der Waals surface area contributed by atoms with Gasteiger partial charge >= 0.3 is 0 Å². The first-order chi connectivity index (χ1) is 9.74. The van der Waals surface area contributed by atoms with Crippen LogP contribution in [0.4, 0.5) is 0 Å². The summed E-state index contributed by atoms with van der Waals surface area (Å²) in [7, 11) is 1.67. The fourth-order valence-electron chi connectivity index (χ4n) is 2.11. The number of halogens is 1. The van der Waals surface area contributed by atoms with Crippen LogP contribution in [0.15, 0.2) is 53.0 Å². The second kappa shape index (κ2) is 7.43. The van der Waals surface area contributed by atoms with Crippen molar-refractivity contribution < 1.29 is 4.74 Å². The smallest absolute Gasteiger partial charge is 0.118 e. The number of hydrogen-bond acceptors (Lipinski definition) is 3. The number of benzene rings is 2. The van der Waals surface area contributed by atoms with E-state index >= 15 is 0 Å². The Morgan fingerprint density at radius 3 is 2.10 bits per heavy atom. The van der Waals surface area contributed by atoms with E-state index in [1.54, 1.807) is 7.11 Å². The van der Waals surface area contributed by atoms with Crippen molar-refractivity contribution in [3.8, 4) is 5.75 Å². The molecule has 0 amide bonds. The van der Waals surface area contributed by atoms with Crippen molar-refractivity contribution in [1.82, 2.24) is 5.32 Å². The summed E-state index contributed by atoms with van der Waals surface area (Å²) in [5.74, 6) is 0.863. The summed E-state index contributed by atoms with van der Waals surface area (Å²) >= 11 is 3.47. The number of ether oxygens (including phenoxy) is 1. The third-order valence-electron chi connectivity index (χ3n) is 3.15. The molecule has 0 spiro atoms. The molecule has 0 heterocycles. The van der Waals surface area contributed by atoms with Crippen LogP contribution in [0.1, 0.15) is 17.2 Å². The molecule has 0 bridgehead atoms. The minimum Gasteiger partial charge on any atom is -0.497 e. The Hall–Kier alpha value is -1.36. The predicted octanol–water partition coefficient (Wildman–Crippen LogP) is 3.10. The van der Waals surface area contributed by atoms with Gasteiger partial charge in [-0.3, -0.25) is 0 Å². The second-order valence-electron chi connectivity index (χ2n) is 4.50. The van der Waals surface area contributed by atoms with Gasteiger partial charge in [-0.05, 0) is 35.4 Å². The van der Waals surface area contributed by atoms with E-state index in [0.717, 1.165) is 16.8 Å². The number of nitrogens with two attached hydrogens (primary N) is 1. The molecule has 0 fully saturated rings. The van der Waals surface area contributed by atoms with Crippen molar-refractivity contribution in [2.75, 3.05) is 20.2 Å². The molecule has 0 aromatic heterocycles. The Kier molecular flexibility index (Phi) is 5.59. The molecule has 0 saturated carbocycles. The lowest BCUT2D eigenvalue weighted by atomic mass is 9.98. The van der Waals surface area contributed by atoms with Crippen LogP contribution in [0, 0.1) is 0 Å². The van der Waals surface area contributed by atoms with E-state index in [-0.39, 0.29) is 6.04 Å². The molecule has 4 heteroatoms. The summed E-state index contributed by atoms with van der Waals surface area (Å²) in [5.41, 5.74) is 8.02. The zero-order chi connectivity index (χ0) is 14.4. The highest BCUT2D eigenvalue weighted by Crippen LogP contribution is 2.25. The van der Waals surface area contributed by atoms with Gasteiger partial charge in [0.2, 0.25) is 0 Å². The highest BCUT2D eigenvalue weighted by atomic mass is 79.9. The topological polar surface area (TPSA) is 47.3 Å². The summed E-state index contributed by atoms with van der Waals surface area (Å²) < 4.78 is 6.28. The third-order valence-corrected chi connectivity index (χ3v) is 3.67. The molecule has 20 heavy (non-hydrogen) atoms. The van der Waals surface area contributed by atoms with Crippen molar-refractivity contribution in [1.29, 1.82) is 0 Å². The maximum absolute atomic E-state index is 5.61. The average molecular weight is 335 g/mol. The van der Waals surface area contributed by atoms with Crippen LogP contribution >= 0.6 is 15.9 Å². The predicted molar refractivity (Wildman–Crippen MR) is 86.0 cm³/mol. The van der Waals surface area contributed by atoms with Gasteiger partial charge in [0.1, 0.15) is 5.75 Å². The van der Waals surface area contributed by atoms with Gasteiger partial charge in [0, 0.05) is 17.6 Å². The molecule has 0 radical (unpaired) electrons. The molecule has 0 aliphatic rings. The van der Waals surface area contributed by atoms with E-state index in [2.05, 4.69) is 57.6 Å². The van der Waals surface area contributed by atoms with E-state index in [4.69, 9.17) is 10.5 Å². The van der Waals surface area contributed by atoms with Gasteiger partial charge < -0.3 is 15.8 Å². The summed E-state index contributed by atoms with van der Waals surface area (Å²) in [6.07, 6.45) is 0. The third kappa shape index (κ3) is 3.82. The summed E-state index contributed by atoms with van der Waals surface area (Å²) in [4.78, 5) is 0. The number of hydrogen-bond donors (Lipinski definition) is 2. The highest BCUT2D eigenvalue weighted by molar-refractivity contribution is 9.10. The Morgan fingerprint density at radius 1 is 1.05 bits per heavy atom. The lowest BCUT2D eigenvalue weighted by Crippen LogP contribution is -2.28. The van der Waals surface area contributed by atoms with E-state index in [1.165, 1.54) is 11.1 Å². The highest BCUT2D eigenvalue weighted by Gasteiger charge is 2.13. The summed E-state index contributed by atoms with van der Waals surface area (Å²) in [6, 6.07) is 16.6. The quantitative estimate of drug-likeness (QED) is 0.853. The molecule has 2 aromatic carbocycles. The average Bonchev–Trinajstić information content (AvgIpc) is 2.50. The van der Waals surface area contributed by atoms with Crippen LogP contribution in [0.3, 0.4) is 0 Å². The van der Waals surface area contributed by atoms with Crippen molar-refractivity contribution in [3.05, 3.63) is 64.1 Å². The summed E-state index contributed by atoms with van der Waals surface area (Å²) in [6.45, 7) is 1.38. The molecule has 2 rings (SSSR count). The van der Waals surface area contributed by atoms with Crippen LogP contribution in [0.5, 0.6) is 5.75 Å². The van der Waals surface area contributed by atoms with Crippen LogP contribution in [-0.4, -0.2) is 20.2 Å². The van der Waals surface area contributed by atoms with Crippen LogP contribution < -0.4 is 15.8 Å². The Labute approximate surface area is 128 Å². The minimum atomic E-state index is 0.137. The van der Waals surface area contributed by atoms with Crippen molar-refractivity contribution >= 4 is 15.9 Å². The lowest BCUT2D eigenvalue weighted by Gasteiger charge is -2.20. The zero-order valence-electron chi connectivity index (χ0n) is 11.5. The number of rotatable bonds is 6. The van der Waals surface area contributed by atoms with Gasteiger partial charge in [-0.2, -0.15) is 0 Å². The van der Waals surface area contributed by atoms with E-state index < -0.39 is 0 Å². The fraction of sp³-hybridized carbons (Fsp3) is 0.250. The van der Waals surface area contributed by atoms with E-state index in [0.29, 0.717) is 6.54 Å². The van der Waals surface area contributed by atoms with E-state index in [9.17, 15) is 0 Å². The van der Waals surface area contributed by atoms with Crippen molar-refractivity contribution in [2.24, 2.45) is 5.73 Å². The molecular formula is C16H19BrN2O. The maximum Gasteiger partial charge on any atom is 0.118 e. The lowest BCUT2D eigenvalue weighted by molar-refractivity contribution is 0.414.